The number of carboxylic acids is 1. The summed E-state index contributed by atoms with van der Waals surface area (Å²) in [5, 5.41) is 12.2. The first-order valence-corrected chi connectivity index (χ1v) is 7.51. The average molecular weight is 330 g/mol. The Morgan fingerprint density at radius 2 is 2.33 bits per heavy atom. The molecule has 0 saturated heterocycles. The highest BCUT2D eigenvalue weighted by molar-refractivity contribution is 9.10. The van der Waals surface area contributed by atoms with E-state index >= 15 is 0 Å². The molecule has 0 saturated carbocycles. The molecular weight excluding hydrogens is 314 g/mol. The first-order valence-electron chi connectivity index (χ1n) is 5.56. The van der Waals surface area contributed by atoms with Gasteiger partial charge in [-0.05, 0) is 17.7 Å². The van der Waals surface area contributed by atoms with Gasteiger partial charge in [0.25, 0.3) is 0 Å². The Morgan fingerprint density at radius 1 is 1.56 bits per heavy atom. The van der Waals surface area contributed by atoms with E-state index in [0.717, 1.165) is 34.6 Å². The van der Waals surface area contributed by atoms with E-state index in [-0.39, 0.29) is 0 Å². The number of thioether (sulfide) groups is 1. The third kappa shape index (κ3) is 5.25. The van der Waals surface area contributed by atoms with E-state index in [2.05, 4.69) is 27.8 Å². The maximum Gasteiger partial charge on any atom is 0.335 e. The van der Waals surface area contributed by atoms with Crippen molar-refractivity contribution in [3.05, 3.63) is 46.5 Å². The van der Waals surface area contributed by atoms with Gasteiger partial charge in [-0.25, -0.2) is 4.79 Å². The number of halogens is 1. The molecule has 18 heavy (non-hydrogen) atoms. The largest absolute Gasteiger partial charge is 0.478 e. The van der Waals surface area contributed by atoms with Gasteiger partial charge in [0.15, 0.2) is 0 Å². The summed E-state index contributed by atoms with van der Waals surface area (Å²) in [6.07, 6.45) is 1.89. The van der Waals surface area contributed by atoms with Crippen LogP contribution in [0.25, 0.3) is 0 Å². The molecule has 0 aromatic heterocycles. The average Bonchev–Trinajstić information content (AvgIpc) is 2.35. The zero-order valence-corrected chi connectivity index (χ0v) is 12.4. The Hall–Kier alpha value is -0.780. The Kier molecular flexibility index (Phi) is 7.08. The molecule has 2 N–H and O–H groups in total. The maximum absolute atomic E-state index is 10.8. The molecule has 0 aliphatic rings. The molecule has 0 spiro atoms. The molecule has 1 aromatic carbocycles. The number of aromatic carboxylic acids is 1. The molecule has 0 amide bonds. The van der Waals surface area contributed by atoms with Crippen molar-refractivity contribution in [2.24, 2.45) is 0 Å². The van der Waals surface area contributed by atoms with Crippen molar-refractivity contribution in [1.82, 2.24) is 5.32 Å². The second-order valence-corrected chi connectivity index (χ2v) is 5.66. The van der Waals surface area contributed by atoms with Crippen molar-refractivity contribution in [3.8, 4) is 0 Å². The fraction of sp³-hybridized carbons (Fsp3) is 0.308. The molecule has 0 unspecified atom stereocenters. The van der Waals surface area contributed by atoms with E-state index in [1.54, 1.807) is 12.1 Å². The van der Waals surface area contributed by atoms with Gasteiger partial charge in [0, 0.05) is 29.1 Å². The minimum absolute atomic E-state index is 0.298. The summed E-state index contributed by atoms with van der Waals surface area (Å²) >= 11 is 5.22. The SMILES string of the molecule is C=CCSCCNCc1ccc(C(=O)O)cc1Br. The minimum Gasteiger partial charge on any atom is -0.478 e. The van der Waals surface area contributed by atoms with Crippen LogP contribution in [0.3, 0.4) is 0 Å². The summed E-state index contributed by atoms with van der Waals surface area (Å²) in [5.74, 6) is 1.10. The summed E-state index contributed by atoms with van der Waals surface area (Å²) in [7, 11) is 0. The Morgan fingerprint density at radius 3 is 2.94 bits per heavy atom. The quantitative estimate of drug-likeness (QED) is 0.568. The number of hydrogen-bond donors (Lipinski definition) is 2. The van der Waals surface area contributed by atoms with Crippen LogP contribution < -0.4 is 5.32 Å². The molecule has 0 aliphatic carbocycles. The van der Waals surface area contributed by atoms with Gasteiger partial charge in [0.1, 0.15) is 0 Å². The first kappa shape index (κ1) is 15.3. The van der Waals surface area contributed by atoms with Gasteiger partial charge < -0.3 is 10.4 Å². The standard InChI is InChI=1S/C13H16BrNO2S/c1-2-6-18-7-5-15-9-11-4-3-10(13(16)17)8-12(11)14/h2-4,8,15H,1,5-7,9H2,(H,16,17). The predicted molar refractivity (Wildman–Crippen MR) is 80.3 cm³/mol. The molecular formula is C13H16BrNO2S. The third-order valence-corrected chi connectivity index (χ3v) is 3.98. The number of carbonyl (C=O) groups is 1. The van der Waals surface area contributed by atoms with Crippen molar-refractivity contribution in [3.63, 3.8) is 0 Å². The van der Waals surface area contributed by atoms with Gasteiger partial charge in [-0.1, -0.05) is 28.1 Å². The lowest BCUT2D eigenvalue weighted by Gasteiger charge is -2.07. The number of hydrogen-bond acceptors (Lipinski definition) is 3. The molecule has 0 aliphatic heterocycles. The summed E-state index contributed by atoms with van der Waals surface area (Å²) in [4.78, 5) is 10.8. The molecule has 0 bridgehead atoms. The highest BCUT2D eigenvalue weighted by Gasteiger charge is 2.06. The van der Waals surface area contributed by atoms with E-state index in [4.69, 9.17) is 5.11 Å². The fourth-order valence-corrected chi connectivity index (χ4v) is 2.50. The smallest absolute Gasteiger partial charge is 0.335 e. The molecule has 1 rings (SSSR count). The van der Waals surface area contributed by atoms with Crippen LogP contribution in [0.4, 0.5) is 0 Å². The Bertz CT molecular complexity index is 423. The molecule has 98 valence electrons. The van der Waals surface area contributed by atoms with E-state index in [0.29, 0.717) is 5.56 Å². The van der Waals surface area contributed by atoms with Crippen molar-refractivity contribution in [2.75, 3.05) is 18.1 Å². The van der Waals surface area contributed by atoms with E-state index in [9.17, 15) is 4.79 Å². The molecule has 0 heterocycles. The molecule has 0 radical (unpaired) electrons. The normalized spacial score (nSPS) is 10.3. The van der Waals surface area contributed by atoms with Gasteiger partial charge in [-0.15, -0.1) is 6.58 Å². The van der Waals surface area contributed by atoms with Crippen LogP contribution in [0.2, 0.25) is 0 Å². The van der Waals surface area contributed by atoms with Crippen LogP contribution in [0.1, 0.15) is 15.9 Å². The van der Waals surface area contributed by atoms with Crippen LogP contribution in [0.5, 0.6) is 0 Å². The lowest BCUT2D eigenvalue weighted by Crippen LogP contribution is -2.17. The van der Waals surface area contributed by atoms with E-state index < -0.39 is 5.97 Å². The third-order valence-electron chi connectivity index (χ3n) is 2.27. The molecule has 0 atom stereocenters. The zero-order valence-electron chi connectivity index (χ0n) is 9.99. The predicted octanol–water partition coefficient (Wildman–Crippen LogP) is 3.16. The first-order chi connectivity index (χ1) is 8.65. The highest BCUT2D eigenvalue weighted by atomic mass is 79.9. The minimum atomic E-state index is -0.906. The molecule has 0 fully saturated rings. The Balaban J connectivity index is 2.38. The van der Waals surface area contributed by atoms with Crippen LogP contribution in [-0.4, -0.2) is 29.1 Å². The van der Waals surface area contributed by atoms with E-state index in [1.807, 2.05) is 23.9 Å². The van der Waals surface area contributed by atoms with Crippen molar-refractivity contribution in [2.45, 2.75) is 6.54 Å². The number of nitrogens with one attached hydrogen (secondary N) is 1. The maximum atomic E-state index is 10.8. The molecule has 1 aromatic rings. The summed E-state index contributed by atoms with van der Waals surface area (Å²) < 4.78 is 0.827. The van der Waals surface area contributed by atoms with Gasteiger partial charge in [0.2, 0.25) is 0 Å². The summed E-state index contributed by atoms with van der Waals surface area (Å²) in [6, 6.07) is 5.08. The highest BCUT2D eigenvalue weighted by Crippen LogP contribution is 2.18. The fourth-order valence-electron chi connectivity index (χ4n) is 1.36. The van der Waals surface area contributed by atoms with Gasteiger partial charge in [-0.3, -0.25) is 0 Å². The number of benzene rings is 1. The monoisotopic (exact) mass is 329 g/mol. The second-order valence-electron chi connectivity index (χ2n) is 3.65. The zero-order chi connectivity index (χ0) is 13.4. The van der Waals surface area contributed by atoms with Gasteiger partial charge in [-0.2, -0.15) is 11.8 Å². The van der Waals surface area contributed by atoms with Gasteiger partial charge >= 0.3 is 5.97 Å². The van der Waals surface area contributed by atoms with Crippen LogP contribution >= 0.6 is 27.7 Å². The van der Waals surface area contributed by atoms with Crippen LogP contribution in [0.15, 0.2) is 35.3 Å². The van der Waals surface area contributed by atoms with Crippen molar-refractivity contribution < 1.29 is 9.90 Å². The molecule has 5 heteroatoms. The van der Waals surface area contributed by atoms with Gasteiger partial charge in [0.05, 0.1) is 5.56 Å². The lowest BCUT2D eigenvalue weighted by atomic mass is 10.1. The summed E-state index contributed by atoms with van der Waals surface area (Å²) in [6.45, 7) is 5.32. The van der Waals surface area contributed by atoms with Crippen LogP contribution in [0, 0.1) is 0 Å². The molecule has 3 nitrogen and oxygen atoms in total. The number of rotatable bonds is 8. The Labute approximate surface area is 120 Å². The number of carboxylic acid groups (broad SMARTS) is 1. The lowest BCUT2D eigenvalue weighted by molar-refractivity contribution is 0.0697. The van der Waals surface area contributed by atoms with Crippen LogP contribution in [-0.2, 0) is 6.54 Å². The topological polar surface area (TPSA) is 49.3 Å². The van der Waals surface area contributed by atoms with Crippen molar-refractivity contribution in [1.29, 1.82) is 0 Å². The summed E-state index contributed by atoms with van der Waals surface area (Å²) in [5.41, 5.74) is 1.36. The van der Waals surface area contributed by atoms with E-state index in [1.165, 1.54) is 0 Å². The second kappa shape index (κ2) is 8.34. The van der Waals surface area contributed by atoms with Crippen molar-refractivity contribution >= 4 is 33.7 Å².